The Hall–Kier alpha value is -3.83. The number of hydrogen-bond acceptors (Lipinski definition) is 6. The van der Waals surface area contributed by atoms with Crippen LogP contribution in [0.5, 0.6) is 0 Å². The first-order valence-electron chi connectivity index (χ1n) is 10.9. The Kier molecular flexibility index (Phi) is 7.14. The number of nitrogens with zero attached hydrogens (tertiary/aromatic N) is 5. The van der Waals surface area contributed by atoms with Crippen LogP contribution in [0, 0.1) is 32.1 Å². The van der Waals surface area contributed by atoms with Crippen LogP contribution < -0.4 is 4.90 Å². The van der Waals surface area contributed by atoms with E-state index >= 15 is 0 Å². The number of aryl methyl sites for hydroxylation is 3. The maximum Gasteiger partial charge on any atom is 0.237 e. The smallest absolute Gasteiger partial charge is 0.237 e. The predicted molar refractivity (Wildman–Crippen MR) is 133 cm³/mol. The van der Waals surface area contributed by atoms with Crippen molar-refractivity contribution in [2.24, 2.45) is 0 Å². The molecule has 0 saturated carbocycles. The lowest BCUT2D eigenvalue weighted by atomic mass is 10.1. The van der Waals surface area contributed by atoms with E-state index in [1.807, 2.05) is 73.9 Å². The van der Waals surface area contributed by atoms with Crippen LogP contribution in [0.25, 0.3) is 17.1 Å². The van der Waals surface area contributed by atoms with Gasteiger partial charge in [-0.25, -0.2) is 0 Å². The van der Waals surface area contributed by atoms with E-state index in [0.29, 0.717) is 17.5 Å². The van der Waals surface area contributed by atoms with Gasteiger partial charge in [0.25, 0.3) is 0 Å². The minimum atomic E-state index is -0.0890. The zero-order valence-electron chi connectivity index (χ0n) is 19.4. The second-order valence-electron chi connectivity index (χ2n) is 7.96. The summed E-state index contributed by atoms with van der Waals surface area (Å²) in [6.07, 6.45) is 1.88. The number of thioether (sulfide) groups is 1. The van der Waals surface area contributed by atoms with Crippen molar-refractivity contribution < 1.29 is 9.21 Å². The number of aromatic nitrogens is 3. The number of para-hydroxylation sites is 1. The molecule has 0 fully saturated rings. The van der Waals surface area contributed by atoms with Gasteiger partial charge in [-0.15, -0.1) is 10.2 Å². The van der Waals surface area contributed by atoms with E-state index < -0.39 is 0 Å². The Balaban J connectivity index is 1.63. The lowest BCUT2D eigenvalue weighted by Crippen LogP contribution is -2.33. The molecule has 0 atom stereocenters. The van der Waals surface area contributed by atoms with Crippen LogP contribution in [0.4, 0.5) is 5.69 Å². The van der Waals surface area contributed by atoms with Crippen LogP contribution in [0.3, 0.4) is 0 Å². The summed E-state index contributed by atoms with van der Waals surface area (Å²) in [5, 5.41) is 18.5. The fourth-order valence-corrected chi connectivity index (χ4v) is 4.66. The van der Waals surface area contributed by atoms with Gasteiger partial charge in [-0.3, -0.25) is 9.36 Å². The van der Waals surface area contributed by atoms with E-state index in [0.717, 1.165) is 33.8 Å². The van der Waals surface area contributed by atoms with Crippen LogP contribution >= 0.6 is 11.8 Å². The average molecular weight is 472 g/mol. The van der Waals surface area contributed by atoms with Gasteiger partial charge in [-0.1, -0.05) is 36.0 Å². The molecule has 0 spiro atoms. The number of hydrogen-bond donors (Lipinski definition) is 0. The minimum absolute atomic E-state index is 0.0890. The molecule has 8 heteroatoms. The number of carbonyl (C=O) groups excluding carboxylic acids is 1. The van der Waals surface area contributed by atoms with Crippen molar-refractivity contribution >= 4 is 23.4 Å². The summed E-state index contributed by atoms with van der Waals surface area (Å²) >= 11 is 1.32. The summed E-state index contributed by atoms with van der Waals surface area (Å²) in [6.45, 7) is 6.22. The third kappa shape index (κ3) is 5.05. The van der Waals surface area contributed by atoms with E-state index in [4.69, 9.17) is 9.68 Å². The van der Waals surface area contributed by atoms with Crippen molar-refractivity contribution in [3.05, 3.63) is 77.7 Å². The molecule has 0 bridgehead atoms. The standard InChI is InChI=1S/C26H25N5O2S/c1-18-14-19(2)16-22(15-18)30(12-7-11-27)24(32)17-34-26-29-28-25(23-10-13-33-20(23)3)31(26)21-8-5-4-6-9-21/h4-6,8-10,13-16H,7,12,17H2,1-3H3. The number of furan rings is 1. The third-order valence-corrected chi connectivity index (χ3v) is 6.25. The lowest BCUT2D eigenvalue weighted by Gasteiger charge is -2.22. The highest BCUT2D eigenvalue weighted by atomic mass is 32.2. The molecule has 0 N–H and O–H groups in total. The van der Waals surface area contributed by atoms with Gasteiger partial charge in [0.15, 0.2) is 11.0 Å². The Morgan fingerprint density at radius 1 is 1.09 bits per heavy atom. The highest BCUT2D eigenvalue weighted by Crippen LogP contribution is 2.30. The van der Waals surface area contributed by atoms with Gasteiger partial charge in [0, 0.05) is 17.9 Å². The van der Waals surface area contributed by atoms with Gasteiger partial charge in [0.1, 0.15) is 5.76 Å². The Bertz CT molecular complexity index is 1320. The maximum atomic E-state index is 13.3. The van der Waals surface area contributed by atoms with Crippen molar-refractivity contribution in [1.29, 1.82) is 5.26 Å². The molecule has 0 aliphatic carbocycles. The van der Waals surface area contributed by atoms with E-state index in [2.05, 4.69) is 22.3 Å². The average Bonchev–Trinajstić information content (AvgIpc) is 3.43. The zero-order valence-corrected chi connectivity index (χ0v) is 20.2. The van der Waals surface area contributed by atoms with Gasteiger partial charge < -0.3 is 9.32 Å². The first-order chi connectivity index (χ1) is 16.5. The van der Waals surface area contributed by atoms with Crippen molar-refractivity contribution in [1.82, 2.24) is 14.8 Å². The van der Waals surface area contributed by atoms with Crippen LogP contribution in [-0.2, 0) is 4.79 Å². The van der Waals surface area contributed by atoms with E-state index in [1.165, 1.54) is 11.8 Å². The van der Waals surface area contributed by atoms with Gasteiger partial charge in [0.2, 0.25) is 5.91 Å². The van der Waals surface area contributed by atoms with E-state index in [-0.39, 0.29) is 18.1 Å². The normalized spacial score (nSPS) is 10.8. The molecular formula is C26H25N5O2S. The first kappa shape index (κ1) is 23.3. The van der Waals surface area contributed by atoms with Crippen molar-refractivity contribution in [3.63, 3.8) is 0 Å². The molecule has 4 rings (SSSR count). The number of carbonyl (C=O) groups is 1. The van der Waals surface area contributed by atoms with E-state index in [1.54, 1.807) is 11.2 Å². The SMILES string of the molecule is Cc1cc(C)cc(N(CCC#N)C(=O)CSc2nnc(-c3ccoc3C)n2-c2ccccc2)c1. The summed E-state index contributed by atoms with van der Waals surface area (Å²) in [4.78, 5) is 15.0. The number of nitriles is 1. The van der Waals surface area contributed by atoms with Crippen molar-refractivity contribution in [2.45, 2.75) is 32.3 Å². The highest BCUT2D eigenvalue weighted by Gasteiger charge is 2.22. The van der Waals surface area contributed by atoms with Gasteiger partial charge in [0.05, 0.1) is 30.1 Å². The largest absolute Gasteiger partial charge is 0.469 e. The van der Waals surface area contributed by atoms with Crippen molar-refractivity contribution in [2.75, 3.05) is 17.2 Å². The number of rotatable bonds is 8. The number of amides is 1. The summed E-state index contributed by atoms with van der Waals surface area (Å²) in [5.74, 6) is 1.47. The molecule has 4 aromatic rings. The van der Waals surface area contributed by atoms with Gasteiger partial charge >= 0.3 is 0 Å². The molecule has 0 saturated heterocycles. The minimum Gasteiger partial charge on any atom is -0.469 e. The monoisotopic (exact) mass is 471 g/mol. The summed E-state index contributed by atoms with van der Waals surface area (Å²) in [5.41, 5.74) is 4.69. The molecule has 7 nitrogen and oxygen atoms in total. The number of anilines is 1. The summed E-state index contributed by atoms with van der Waals surface area (Å²) in [6, 6.07) is 19.8. The Morgan fingerprint density at radius 3 is 2.47 bits per heavy atom. The molecule has 0 aliphatic heterocycles. The molecule has 2 heterocycles. The third-order valence-electron chi connectivity index (χ3n) is 5.34. The van der Waals surface area contributed by atoms with Gasteiger partial charge in [-0.05, 0) is 62.2 Å². The quantitative estimate of drug-likeness (QED) is 0.316. The molecule has 0 aliphatic rings. The molecule has 1 amide bonds. The fraction of sp³-hybridized carbons (Fsp3) is 0.231. The first-order valence-corrected chi connectivity index (χ1v) is 11.9. The van der Waals surface area contributed by atoms with Crippen LogP contribution in [0.2, 0.25) is 0 Å². The lowest BCUT2D eigenvalue weighted by molar-refractivity contribution is -0.116. The van der Waals surface area contributed by atoms with Crippen LogP contribution in [0.15, 0.2) is 70.4 Å². The zero-order chi connectivity index (χ0) is 24.1. The summed E-state index contributed by atoms with van der Waals surface area (Å²) in [7, 11) is 0. The summed E-state index contributed by atoms with van der Waals surface area (Å²) < 4.78 is 7.42. The highest BCUT2D eigenvalue weighted by molar-refractivity contribution is 7.99. The molecular weight excluding hydrogens is 446 g/mol. The topological polar surface area (TPSA) is 87.9 Å². The second kappa shape index (κ2) is 10.4. The predicted octanol–water partition coefficient (Wildman–Crippen LogP) is 5.49. The van der Waals surface area contributed by atoms with Gasteiger partial charge in [-0.2, -0.15) is 5.26 Å². The van der Waals surface area contributed by atoms with Crippen LogP contribution in [0.1, 0.15) is 23.3 Å². The fourth-order valence-electron chi connectivity index (χ4n) is 3.83. The second-order valence-corrected chi connectivity index (χ2v) is 8.90. The van der Waals surface area contributed by atoms with E-state index in [9.17, 15) is 4.79 Å². The molecule has 34 heavy (non-hydrogen) atoms. The van der Waals surface area contributed by atoms with Crippen LogP contribution in [-0.4, -0.2) is 33.0 Å². The molecule has 2 aromatic heterocycles. The molecule has 0 radical (unpaired) electrons. The Morgan fingerprint density at radius 2 is 1.82 bits per heavy atom. The maximum absolute atomic E-state index is 13.3. The molecule has 2 aromatic carbocycles. The molecule has 0 unspecified atom stereocenters. The number of benzene rings is 2. The van der Waals surface area contributed by atoms with Crippen molar-refractivity contribution in [3.8, 4) is 23.1 Å². The Labute approximate surface area is 203 Å². The molecule has 172 valence electrons.